The highest BCUT2D eigenvalue weighted by Gasteiger charge is 2.36. The van der Waals surface area contributed by atoms with Crippen LogP contribution in [0.3, 0.4) is 0 Å². The van der Waals surface area contributed by atoms with Crippen molar-refractivity contribution < 1.29 is 27.5 Å². The molecule has 2 heterocycles. The van der Waals surface area contributed by atoms with Crippen LogP contribution in [-0.4, -0.2) is 49.9 Å². The van der Waals surface area contributed by atoms with Gasteiger partial charge in [-0.2, -0.15) is 0 Å². The van der Waals surface area contributed by atoms with Crippen molar-refractivity contribution >= 4 is 21.9 Å². The Morgan fingerprint density at radius 3 is 2.75 bits per heavy atom. The monoisotopic (exact) mass is 302 g/mol. The molecule has 0 unspecified atom stereocenters. The van der Waals surface area contributed by atoms with Gasteiger partial charge in [0.2, 0.25) is 5.09 Å². The van der Waals surface area contributed by atoms with Crippen molar-refractivity contribution in [3.63, 3.8) is 0 Å². The minimum absolute atomic E-state index is 0.188. The lowest BCUT2D eigenvalue weighted by Gasteiger charge is -2.19. The van der Waals surface area contributed by atoms with Gasteiger partial charge in [-0.3, -0.25) is 4.79 Å². The Morgan fingerprint density at radius 2 is 2.15 bits per heavy atom. The zero-order valence-corrected chi connectivity index (χ0v) is 11.5. The SMILES string of the molecule is CNS(=O)(=O)c1ccc(C(=O)N2CCC[C@H]2C(=O)O)o1. The number of furan rings is 1. The third-order valence-corrected chi connectivity index (χ3v) is 4.41. The Morgan fingerprint density at radius 1 is 1.45 bits per heavy atom. The normalized spacial score (nSPS) is 19.2. The summed E-state index contributed by atoms with van der Waals surface area (Å²) in [6.07, 6.45) is 0.967. The molecular weight excluding hydrogens is 288 g/mol. The van der Waals surface area contributed by atoms with Crippen LogP contribution >= 0.6 is 0 Å². The van der Waals surface area contributed by atoms with Crippen molar-refractivity contribution in [2.24, 2.45) is 0 Å². The highest BCUT2D eigenvalue weighted by molar-refractivity contribution is 7.89. The molecule has 9 heteroatoms. The molecule has 1 aliphatic rings. The van der Waals surface area contributed by atoms with Gasteiger partial charge in [0.15, 0.2) is 5.76 Å². The predicted molar refractivity (Wildman–Crippen MR) is 66.6 cm³/mol. The highest BCUT2D eigenvalue weighted by Crippen LogP contribution is 2.22. The molecule has 1 aliphatic heterocycles. The quantitative estimate of drug-likeness (QED) is 0.800. The van der Waals surface area contributed by atoms with Crippen LogP contribution in [0, 0.1) is 0 Å². The van der Waals surface area contributed by atoms with Gasteiger partial charge in [0.05, 0.1) is 0 Å². The number of nitrogens with zero attached hydrogens (tertiary/aromatic N) is 1. The summed E-state index contributed by atoms with van der Waals surface area (Å²) in [5, 5.41) is 8.64. The van der Waals surface area contributed by atoms with Crippen LogP contribution in [-0.2, 0) is 14.8 Å². The van der Waals surface area contributed by atoms with Crippen molar-refractivity contribution in [1.82, 2.24) is 9.62 Å². The Labute approximate surface area is 115 Å². The molecule has 110 valence electrons. The number of rotatable bonds is 4. The lowest BCUT2D eigenvalue weighted by Crippen LogP contribution is -2.40. The van der Waals surface area contributed by atoms with Gasteiger partial charge in [0.25, 0.3) is 15.9 Å². The first-order chi connectivity index (χ1) is 9.36. The number of nitrogens with one attached hydrogen (secondary N) is 1. The van der Waals surface area contributed by atoms with E-state index in [4.69, 9.17) is 9.52 Å². The Kier molecular flexibility index (Phi) is 3.82. The molecule has 0 aromatic carbocycles. The number of aliphatic carboxylic acids is 1. The summed E-state index contributed by atoms with van der Waals surface area (Å²) in [7, 11) is -2.55. The topological polar surface area (TPSA) is 117 Å². The van der Waals surface area contributed by atoms with E-state index < -0.39 is 27.9 Å². The number of sulfonamides is 1. The molecule has 1 saturated heterocycles. The van der Waals surface area contributed by atoms with Crippen molar-refractivity contribution in [2.75, 3.05) is 13.6 Å². The van der Waals surface area contributed by atoms with Gasteiger partial charge in [0, 0.05) is 6.54 Å². The molecule has 1 fully saturated rings. The molecule has 0 saturated carbocycles. The van der Waals surface area contributed by atoms with Gasteiger partial charge < -0.3 is 14.4 Å². The molecular formula is C11H14N2O6S. The van der Waals surface area contributed by atoms with Crippen LogP contribution in [0.15, 0.2) is 21.6 Å². The second-order valence-corrected chi connectivity index (χ2v) is 6.14. The lowest BCUT2D eigenvalue weighted by atomic mass is 10.2. The van der Waals surface area contributed by atoms with Crippen molar-refractivity contribution in [3.05, 3.63) is 17.9 Å². The molecule has 1 aromatic heterocycles. The molecule has 8 nitrogen and oxygen atoms in total. The number of carboxylic acid groups (broad SMARTS) is 1. The van der Waals surface area contributed by atoms with E-state index in [1.54, 1.807) is 0 Å². The van der Waals surface area contributed by atoms with Crippen LogP contribution in [0.4, 0.5) is 0 Å². The Hall–Kier alpha value is -1.87. The maximum absolute atomic E-state index is 12.1. The summed E-state index contributed by atoms with van der Waals surface area (Å²) in [5.41, 5.74) is 0. The summed E-state index contributed by atoms with van der Waals surface area (Å²) >= 11 is 0. The first-order valence-corrected chi connectivity index (χ1v) is 7.42. The molecule has 2 rings (SSSR count). The number of hydrogen-bond acceptors (Lipinski definition) is 5. The molecule has 1 atom stereocenters. The Balaban J connectivity index is 2.24. The first-order valence-electron chi connectivity index (χ1n) is 5.94. The molecule has 0 bridgehead atoms. The van der Waals surface area contributed by atoms with E-state index >= 15 is 0 Å². The number of likely N-dealkylation sites (tertiary alicyclic amines) is 1. The summed E-state index contributed by atoms with van der Waals surface area (Å²) < 4.78 is 30.1. The van der Waals surface area contributed by atoms with Gasteiger partial charge in [-0.15, -0.1) is 0 Å². The van der Waals surface area contributed by atoms with Gasteiger partial charge in [-0.1, -0.05) is 0 Å². The third kappa shape index (κ3) is 2.54. The lowest BCUT2D eigenvalue weighted by molar-refractivity contribution is -0.141. The summed E-state index contributed by atoms with van der Waals surface area (Å²) in [6.45, 7) is 0.310. The zero-order valence-electron chi connectivity index (χ0n) is 10.7. The molecule has 0 aliphatic carbocycles. The van der Waals surface area contributed by atoms with Crippen molar-refractivity contribution in [2.45, 2.75) is 24.0 Å². The highest BCUT2D eigenvalue weighted by atomic mass is 32.2. The summed E-state index contributed by atoms with van der Waals surface area (Å²) in [6, 6.07) is 1.49. The van der Waals surface area contributed by atoms with Gasteiger partial charge in [-0.05, 0) is 32.0 Å². The number of carboxylic acids is 1. The summed E-state index contributed by atoms with van der Waals surface area (Å²) in [5.74, 6) is -1.88. The van der Waals surface area contributed by atoms with Gasteiger partial charge >= 0.3 is 5.97 Å². The van der Waals surface area contributed by atoms with Crippen LogP contribution < -0.4 is 4.72 Å². The molecule has 1 amide bonds. The maximum atomic E-state index is 12.1. The van der Waals surface area contributed by atoms with E-state index in [9.17, 15) is 18.0 Å². The van der Waals surface area contributed by atoms with Crippen molar-refractivity contribution in [3.8, 4) is 0 Å². The third-order valence-electron chi connectivity index (χ3n) is 3.12. The van der Waals surface area contributed by atoms with E-state index in [0.717, 1.165) is 6.07 Å². The standard InChI is InChI=1S/C11H14N2O6S/c1-12-20(17,18)9-5-4-8(19-9)10(14)13-6-2-3-7(13)11(15)16/h4-5,7,12H,2-3,6H2,1H3,(H,15,16)/t7-/m0/s1. The van der Waals surface area contributed by atoms with E-state index in [0.29, 0.717) is 19.4 Å². The second kappa shape index (κ2) is 5.25. The molecule has 0 spiro atoms. The Bertz CT molecular complexity index is 635. The minimum atomic E-state index is -3.77. The van der Waals surface area contributed by atoms with Crippen molar-refractivity contribution in [1.29, 1.82) is 0 Å². The zero-order chi connectivity index (χ0) is 14.9. The fraction of sp³-hybridized carbons (Fsp3) is 0.455. The van der Waals surface area contributed by atoms with E-state index in [1.807, 2.05) is 0 Å². The first kappa shape index (κ1) is 14.5. The van der Waals surface area contributed by atoms with E-state index in [-0.39, 0.29) is 10.9 Å². The summed E-state index contributed by atoms with van der Waals surface area (Å²) in [4.78, 5) is 24.3. The molecule has 20 heavy (non-hydrogen) atoms. The number of carbonyl (C=O) groups is 2. The molecule has 2 N–H and O–H groups in total. The fourth-order valence-electron chi connectivity index (χ4n) is 2.09. The average Bonchev–Trinajstić information content (AvgIpc) is 3.07. The largest absolute Gasteiger partial charge is 0.480 e. The van der Waals surface area contributed by atoms with Crippen LogP contribution in [0.5, 0.6) is 0 Å². The average molecular weight is 302 g/mol. The van der Waals surface area contributed by atoms with Gasteiger partial charge in [-0.25, -0.2) is 17.9 Å². The van der Waals surface area contributed by atoms with Crippen LogP contribution in [0.1, 0.15) is 23.4 Å². The number of hydrogen-bond donors (Lipinski definition) is 2. The maximum Gasteiger partial charge on any atom is 0.326 e. The fourth-order valence-corrected chi connectivity index (χ4v) is 2.74. The second-order valence-electron chi connectivity index (χ2n) is 4.32. The van der Waals surface area contributed by atoms with E-state index in [2.05, 4.69) is 4.72 Å². The van der Waals surface area contributed by atoms with Crippen LogP contribution in [0.2, 0.25) is 0 Å². The molecule has 1 aromatic rings. The van der Waals surface area contributed by atoms with E-state index in [1.165, 1.54) is 18.0 Å². The predicted octanol–water partition coefficient (Wildman–Crippen LogP) is -0.123. The van der Waals surface area contributed by atoms with Gasteiger partial charge in [0.1, 0.15) is 6.04 Å². The smallest absolute Gasteiger partial charge is 0.326 e. The minimum Gasteiger partial charge on any atom is -0.480 e. The number of amides is 1. The van der Waals surface area contributed by atoms with Crippen LogP contribution in [0.25, 0.3) is 0 Å². The number of carbonyl (C=O) groups excluding carboxylic acids is 1. The molecule has 0 radical (unpaired) electrons.